The number of ether oxygens (including phenoxy) is 2. The lowest BCUT2D eigenvalue weighted by atomic mass is 9.95. The summed E-state index contributed by atoms with van der Waals surface area (Å²) in [5.74, 6) is 0.929. The number of nitrogens with zero attached hydrogens (tertiary/aromatic N) is 1. The molecule has 1 aliphatic carbocycles. The molecule has 3 aliphatic rings. The van der Waals surface area contributed by atoms with Gasteiger partial charge in [-0.1, -0.05) is 12.1 Å². The van der Waals surface area contributed by atoms with E-state index < -0.39 is 6.04 Å². The molecule has 120 valence electrons. The van der Waals surface area contributed by atoms with Crippen LogP contribution in [-0.2, 0) is 9.53 Å². The number of carbonyl (C=O) groups is 2. The average molecular weight is 314 g/mol. The summed E-state index contributed by atoms with van der Waals surface area (Å²) in [5, 5.41) is 2.94. The average Bonchev–Trinajstić information content (AvgIpc) is 3.31. The third-order valence-corrected chi connectivity index (χ3v) is 4.59. The normalized spacial score (nSPS) is 23.5. The number of benzene rings is 1. The Kier molecular flexibility index (Phi) is 3.25. The van der Waals surface area contributed by atoms with Crippen LogP contribution < -0.4 is 10.1 Å². The molecule has 1 aromatic carbocycles. The Morgan fingerprint density at radius 2 is 2.00 bits per heavy atom. The number of carbonyl (C=O) groups excluding carboxylic acids is 2. The second kappa shape index (κ2) is 5.30. The maximum atomic E-state index is 12.5. The molecule has 1 aromatic rings. The van der Waals surface area contributed by atoms with Crippen LogP contribution in [0.15, 0.2) is 35.5 Å². The fourth-order valence-corrected chi connectivity index (χ4v) is 3.11. The minimum atomic E-state index is -0.464. The first-order valence-corrected chi connectivity index (χ1v) is 7.79. The number of cyclic esters (lactones) is 1. The molecule has 4 rings (SSSR count). The highest BCUT2D eigenvalue weighted by atomic mass is 16.5. The van der Waals surface area contributed by atoms with Crippen LogP contribution in [0.1, 0.15) is 24.4 Å². The number of esters is 1. The van der Waals surface area contributed by atoms with Gasteiger partial charge in [-0.15, -0.1) is 0 Å². The zero-order valence-electron chi connectivity index (χ0n) is 12.9. The van der Waals surface area contributed by atoms with E-state index >= 15 is 0 Å². The van der Waals surface area contributed by atoms with E-state index in [9.17, 15) is 9.59 Å². The van der Waals surface area contributed by atoms with Crippen molar-refractivity contribution in [1.29, 1.82) is 0 Å². The molecule has 6 heteroatoms. The van der Waals surface area contributed by atoms with Gasteiger partial charge in [0.15, 0.2) is 0 Å². The third-order valence-electron chi connectivity index (χ3n) is 4.59. The summed E-state index contributed by atoms with van der Waals surface area (Å²) in [6.45, 7) is 0.845. The Labute approximate surface area is 134 Å². The molecule has 0 saturated heterocycles. The number of amides is 2. The zero-order valence-corrected chi connectivity index (χ0v) is 12.9. The van der Waals surface area contributed by atoms with Gasteiger partial charge in [0.25, 0.3) is 0 Å². The standard InChI is InChI=1S/C17H18N2O4/c1-22-12-6-4-11(5-7-12)15-14-13(9-23-16(14)20)19(17(21)18-15)8-10-2-3-10/h4-7,10,15H,2-3,8-9H2,1H3,(H,18,21)/t15-/m0/s1. The van der Waals surface area contributed by atoms with Crippen LogP contribution in [0.3, 0.4) is 0 Å². The number of hydrogen-bond donors (Lipinski definition) is 1. The Morgan fingerprint density at radius 3 is 2.65 bits per heavy atom. The summed E-state index contributed by atoms with van der Waals surface area (Å²) in [5.41, 5.74) is 2.11. The van der Waals surface area contributed by atoms with Crippen LogP contribution in [0.5, 0.6) is 5.75 Å². The molecule has 0 unspecified atom stereocenters. The maximum Gasteiger partial charge on any atom is 0.338 e. The Hall–Kier alpha value is -2.50. The molecular formula is C17H18N2O4. The molecule has 0 bridgehead atoms. The van der Waals surface area contributed by atoms with Gasteiger partial charge in [0.05, 0.1) is 24.4 Å². The summed E-state index contributed by atoms with van der Waals surface area (Å²) in [6, 6.07) is 6.73. The van der Waals surface area contributed by atoms with Crippen molar-refractivity contribution in [2.24, 2.45) is 5.92 Å². The number of hydrogen-bond acceptors (Lipinski definition) is 4. The van der Waals surface area contributed by atoms with Crippen LogP contribution in [0, 0.1) is 5.92 Å². The lowest BCUT2D eigenvalue weighted by Gasteiger charge is -2.33. The first kappa shape index (κ1) is 14.1. The fourth-order valence-electron chi connectivity index (χ4n) is 3.11. The van der Waals surface area contributed by atoms with Gasteiger partial charge < -0.3 is 14.8 Å². The van der Waals surface area contributed by atoms with E-state index in [0.29, 0.717) is 23.7 Å². The van der Waals surface area contributed by atoms with E-state index in [1.54, 1.807) is 12.0 Å². The van der Waals surface area contributed by atoms with Gasteiger partial charge in [-0.25, -0.2) is 9.59 Å². The Morgan fingerprint density at radius 1 is 1.26 bits per heavy atom. The van der Waals surface area contributed by atoms with E-state index in [1.807, 2.05) is 24.3 Å². The van der Waals surface area contributed by atoms with Gasteiger partial charge in [0, 0.05) is 6.54 Å². The van der Waals surface area contributed by atoms with Gasteiger partial charge in [0.2, 0.25) is 0 Å². The Balaban J connectivity index is 1.70. The lowest BCUT2D eigenvalue weighted by Crippen LogP contribution is -2.47. The summed E-state index contributed by atoms with van der Waals surface area (Å²) < 4.78 is 10.4. The predicted octanol–water partition coefficient (Wildman–Crippen LogP) is 1.98. The topological polar surface area (TPSA) is 67.9 Å². The first-order valence-electron chi connectivity index (χ1n) is 7.79. The maximum absolute atomic E-state index is 12.5. The van der Waals surface area contributed by atoms with E-state index in [2.05, 4.69) is 5.32 Å². The van der Waals surface area contributed by atoms with Gasteiger partial charge >= 0.3 is 12.0 Å². The van der Waals surface area contributed by atoms with Crippen molar-refractivity contribution in [3.8, 4) is 5.75 Å². The minimum absolute atomic E-state index is 0.158. The third kappa shape index (κ3) is 2.44. The second-order valence-corrected chi connectivity index (χ2v) is 6.15. The summed E-state index contributed by atoms with van der Waals surface area (Å²) in [7, 11) is 1.60. The summed E-state index contributed by atoms with van der Waals surface area (Å²) in [6.07, 6.45) is 2.28. The second-order valence-electron chi connectivity index (χ2n) is 6.15. The highest BCUT2D eigenvalue weighted by Crippen LogP contribution is 2.38. The van der Waals surface area contributed by atoms with Crippen molar-refractivity contribution in [3.63, 3.8) is 0 Å². The Bertz CT molecular complexity index is 691. The van der Waals surface area contributed by atoms with Gasteiger partial charge in [-0.3, -0.25) is 4.90 Å². The van der Waals surface area contributed by atoms with Crippen LogP contribution >= 0.6 is 0 Å². The first-order chi connectivity index (χ1) is 11.2. The number of urea groups is 1. The van der Waals surface area contributed by atoms with Crippen molar-refractivity contribution >= 4 is 12.0 Å². The number of methoxy groups -OCH3 is 1. The molecule has 6 nitrogen and oxygen atoms in total. The predicted molar refractivity (Wildman–Crippen MR) is 81.7 cm³/mol. The highest BCUT2D eigenvalue weighted by molar-refractivity contribution is 5.97. The van der Waals surface area contributed by atoms with Gasteiger partial charge in [0.1, 0.15) is 12.4 Å². The molecule has 1 N–H and O–H groups in total. The van der Waals surface area contributed by atoms with Crippen LogP contribution in [0.25, 0.3) is 0 Å². The molecule has 0 radical (unpaired) electrons. The highest BCUT2D eigenvalue weighted by Gasteiger charge is 2.43. The number of nitrogens with one attached hydrogen (secondary N) is 1. The largest absolute Gasteiger partial charge is 0.497 e. The quantitative estimate of drug-likeness (QED) is 0.863. The zero-order chi connectivity index (χ0) is 16.0. The van der Waals surface area contributed by atoms with E-state index in [-0.39, 0.29) is 18.6 Å². The van der Waals surface area contributed by atoms with Gasteiger partial charge in [-0.05, 0) is 36.5 Å². The molecule has 1 saturated carbocycles. The molecule has 1 fully saturated rings. The lowest BCUT2D eigenvalue weighted by molar-refractivity contribution is -0.136. The van der Waals surface area contributed by atoms with Crippen molar-refractivity contribution in [3.05, 3.63) is 41.1 Å². The monoisotopic (exact) mass is 314 g/mol. The van der Waals surface area contributed by atoms with Crippen LogP contribution in [0.4, 0.5) is 4.79 Å². The van der Waals surface area contributed by atoms with Crippen molar-refractivity contribution in [1.82, 2.24) is 10.2 Å². The molecule has 1 atom stereocenters. The van der Waals surface area contributed by atoms with Crippen molar-refractivity contribution in [2.45, 2.75) is 18.9 Å². The van der Waals surface area contributed by atoms with E-state index in [0.717, 1.165) is 24.2 Å². The van der Waals surface area contributed by atoms with Gasteiger partial charge in [-0.2, -0.15) is 0 Å². The van der Waals surface area contributed by atoms with Crippen LogP contribution in [-0.4, -0.2) is 37.2 Å². The van der Waals surface area contributed by atoms with Crippen LogP contribution in [0.2, 0.25) is 0 Å². The molecule has 2 amide bonds. The number of rotatable bonds is 4. The fraction of sp³-hybridized carbons (Fsp3) is 0.412. The molecule has 2 heterocycles. The summed E-state index contributed by atoms with van der Waals surface area (Å²) >= 11 is 0. The summed E-state index contributed by atoms with van der Waals surface area (Å²) in [4.78, 5) is 26.4. The molecular weight excluding hydrogens is 296 g/mol. The molecule has 23 heavy (non-hydrogen) atoms. The smallest absolute Gasteiger partial charge is 0.338 e. The van der Waals surface area contributed by atoms with E-state index in [4.69, 9.17) is 9.47 Å². The molecule has 2 aliphatic heterocycles. The molecule has 0 spiro atoms. The minimum Gasteiger partial charge on any atom is -0.497 e. The van der Waals surface area contributed by atoms with Crippen molar-refractivity contribution < 1.29 is 19.1 Å². The van der Waals surface area contributed by atoms with Crippen molar-refractivity contribution in [2.75, 3.05) is 20.3 Å². The van der Waals surface area contributed by atoms with E-state index in [1.165, 1.54) is 0 Å². The molecule has 0 aromatic heterocycles. The SMILES string of the molecule is COc1ccc([C@@H]2NC(=O)N(CC3CC3)C3=C2C(=O)OC3)cc1.